The first-order valence-corrected chi connectivity index (χ1v) is 5.91. The Labute approximate surface area is 96.0 Å². The molecular weight excluding hydrogens is 200 g/mol. The lowest BCUT2D eigenvalue weighted by molar-refractivity contribution is 0.0885. The molecule has 16 heavy (non-hydrogen) atoms. The molecule has 0 aromatic heterocycles. The number of hydrogen-bond acceptors (Lipinski definition) is 4. The minimum Gasteiger partial charge on any atom is -0.372 e. The van der Waals surface area contributed by atoms with Gasteiger partial charge in [0.25, 0.3) is 0 Å². The van der Waals surface area contributed by atoms with Crippen LogP contribution in [0.5, 0.6) is 0 Å². The van der Waals surface area contributed by atoms with Gasteiger partial charge in [-0.05, 0) is 12.6 Å². The van der Waals surface area contributed by atoms with Crippen LogP contribution in [0.1, 0.15) is 12.5 Å². The van der Waals surface area contributed by atoms with Crippen LogP contribution < -0.4 is 16.0 Å². The molecule has 4 nitrogen and oxygen atoms in total. The average Bonchev–Trinajstić information content (AvgIpc) is 2.80. The lowest BCUT2D eigenvalue weighted by atomic mass is 9.94. The van der Waals surface area contributed by atoms with Crippen molar-refractivity contribution in [3.05, 3.63) is 29.8 Å². The number of rotatable bonds is 1. The van der Waals surface area contributed by atoms with Crippen LogP contribution in [-0.4, -0.2) is 31.3 Å². The molecule has 4 heteroatoms. The molecule has 1 spiro atoms. The maximum atomic E-state index is 3.60. The number of likely N-dealkylation sites (N-methyl/N-ethyl adjacent to an activating group) is 1. The smallest absolute Gasteiger partial charge is 0.115 e. The van der Waals surface area contributed by atoms with Crippen molar-refractivity contribution in [3.8, 4) is 0 Å². The third-order valence-corrected chi connectivity index (χ3v) is 3.64. The average molecular weight is 218 g/mol. The Morgan fingerprint density at radius 2 is 2.25 bits per heavy atom. The number of nitrogens with one attached hydrogen (secondary N) is 3. The van der Waals surface area contributed by atoms with Gasteiger partial charge < -0.3 is 10.6 Å². The Balaban J connectivity index is 2.10. The largest absolute Gasteiger partial charge is 0.372 e. The van der Waals surface area contributed by atoms with Gasteiger partial charge >= 0.3 is 0 Å². The number of para-hydroxylation sites is 1. The van der Waals surface area contributed by atoms with E-state index in [1.165, 1.54) is 11.3 Å². The lowest BCUT2D eigenvalue weighted by Gasteiger charge is -2.45. The fraction of sp³-hybridized carbons (Fsp3) is 0.500. The van der Waals surface area contributed by atoms with Crippen molar-refractivity contribution in [2.75, 3.05) is 31.7 Å². The molecule has 0 aliphatic carbocycles. The molecule has 1 aromatic carbocycles. The van der Waals surface area contributed by atoms with Crippen LogP contribution in [0.25, 0.3) is 0 Å². The molecule has 1 atom stereocenters. The van der Waals surface area contributed by atoms with Gasteiger partial charge in [-0.3, -0.25) is 10.2 Å². The standard InChI is InChI=1S/C12H18N4/c1-2-16-9-14-11-6-4-3-5-10(11)12(16)7-13-8-15-12/h3-6,13-15H,2,7-9H2,1H3. The van der Waals surface area contributed by atoms with Crippen molar-refractivity contribution >= 4 is 5.69 Å². The molecule has 86 valence electrons. The summed E-state index contributed by atoms with van der Waals surface area (Å²) in [6.07, 6.45) is 0. The van der Waals surface area contributed by atoms with E-state index in [2.05, 4.69) is 52.0 Å². The van der Waals surface area contributed by atoms with Crippen molar-refractivity contribution in [3.63, 3.8) is 0 Å². The molecule has 3 rings (SSSR count). The molecule has 2 aliphatic rings. The third-order valence-electron chi connectivity index (χ3n) is 3.64. The second kappa shape index (κ2) is 3.73. The van der Waals surface area contributed by atoms with E-state index in [9.17, 15) is 0 Å². The van der Waals surface area contributed by atoms with Crippen LogP contribution >= 0.6 is 0 Å². The zero-order valence-electron chi connectivity index (χ0n) is 9.59. The topological polar surface area (TPSA) is 39.3 Å². The summed E-state index contributed by atoms with van der Waals surface area (Å²) in [7, 11) is 0. The lowest BCUT2D eigenvalue weighted by Crippen LogP contribution is -2.59. The first-order valence-electron chi connectivity index (χ1n) is 5.91. The maximum absolute atomic E-state index is 3.60. The SMILES string of the molecule is CCN1CNc2ccccc2C12CNCN2. The highest BCUT2D eigenvalue weighted by Gasteiger charge is 2.43. The van der Waals surface area contributed by atoms with Crippen molar-refractivity contribution < 1.29 is 0 Å². The van der Waals surface area contributed by atoms with Crippen molar-refractivity contribution in [1.29, 1.82) is 0 Å². The van der Waals surface area contributed by atoms with Crippen molar-refractivity contribution in [2.24, 2.45) is 0 Å². The zero-order chi connectivity index (χ0) is 11.0. The van der Waals surface area contributed by atoms with Gasteiger partial charge in [-0.1, -0.05) is 25.1 Å². The molecule has 2 aliphatic heterocycles. The Morgan fingerprint density at radius 1 is 1.38 bits per heavy atom. The van der Waals surface area contributed by atoms with Gasteiger partial charge in [0.2, 0.25) is 0 Å². The van der Waals surface area contributed by atoms with Crippen LogP contribution in [0.4, 0.5) is 5.69 Å². The number of anilines is 1. The Kier molecular flexibility index (Phi) is 2.35. The third kappa shape index (κ3) is 1.27. The van der Waals surface area contributed by atoms with Crippen LogP contribution in [-0.2, 0) is 5.66 Å². The van der Waals surface area contributed by atoms with Crippen LogP contribution in [0.2, 0.25) is 0 Å². The van der Waals surface area contributed by atoms with E-state index < -0.39 is 0 Å². The van der Waals surface area contributed by atoms with Crippen LogP contribution in [0.3, 0.4) is 0 Å². The van der Waals surface area contributed by atoms with Gasteiger partial charge in [-0.25, -0.2) is 0 Å². The predicted octanol–water partition coefficient (Wildman–Crippen LogP) is 0.695. The van der Waals surface area contributed by atoms with Gasteiger partial charge in [0.1, 0.15) is 5.66 Å². The van der Waals surface area contributed by atoms with E-state index >= 15 is 0 Å². The summed E-state index contributed by atoms with van der Waals surface area (Å²) < 4.78 is 0. The van der Waals surface area contributed by atoms with Gasteiger partial charge in [0, 0.05) is 24.5 Å². The molecular formula is C12H18N4. The second-order valence-corrected chi connectivity index (χ2v) is 4.38. The van der Waals surface area contributed by atoms with Gasteiger partial charge in [0.05, 0.1) is 6.67 Å². The number of fused-ring (bicyclic) bond motifs is 2. The summed E-state index contributed by atoms with van der Waals surface area (Å²) in [6.45, 7) is 6.00. The minimum absolute atomic E-state index is 0.0173. The van der Waals surface area contributed by atoms with Crippen molar-refractivity contribution in [2.45, 2.75) is 12.6 Å². The number of nitrogens with zero attached hydrogens (tertiary/aromatic N) is 1. The Bertz CT molecular complexity index is 384. The molecule has 3 N–H and O–H groups in total. The molecule has 0 amide bonds. The number of benzene rings is 1. The molecule has 0 bridgehead atoms. The van der Waals surface area contributed by atoms with E-state index in [4.69, 9.17) is 0 Å². The summed E-state index contributed by atoms with van der Waals surface area (Å²) in [4.78, 5) is 2.44. The highest BCUT2D eigenvalue weighted by Crippen LogP contribution is 2.35. The van der Waals surface area contributed by atoms with E-state index in [0.29, 0.717) is 0 Å². The molecule has 2 heterocycles. The molecule has 1 unspecified atom stereocenters. The van der Waals surface area contributed by atoms with Gasteiger partial charge in [-0.15, -0.1) is 0 Å². The minimum atomic E-state index is -0.0173. The summed E-state index contributed by atoms with van der Waals surface area (Å²) in [5.41, 5.74) is 2.59. The zero-order valence-corrected chi connectivity index (χ0v) is 9.59. The fourth-order valence-corrected chi connectivity index (χ4v) is 2.79. The van der Waals surface area contributed by atoms with Crippen LogP contribution in [0, 0.1) is 0 Å². The second-order valence-electron chi connectivity index (χ2n) is 4.38. The van der Waals surface area contributed by atoms with Gasteiger partial charge in [0.15, 0.2) is 0 Å². The van der Waals surface area contributed by atoms with E-state index in [1.807, 2.05) is 0 Å². The maximum Gasteiger partial charge on any atom is 0.115 e. The highest BCUT2D eigenvalue weighted by molar-refractivity contribution is 5.56. The first-order chi connectivity index (χ1) is 7.87. The normalized spacial score (nSPS) is 29.1. The highest BCUT2D eigenvalue weighted by atomic mass is 15.4. The summed E-state index contributed by atoms with van der Waals surface area (Å²) in [6, 6.07) is 8.57. The Hall–Kier alpha value is -1.10. The van der Waals surface area contributed by atoms with E-state index in [1.54, 1.807) is 0 Å². The number of hydrogen-bond donors (Lipinski definition) is 3. The predicted molar refractivity (Wildman–Crippen MR) is 65.0 cm³/mol. The fourth-order valence-electron chi connectivity index (χ4n) is 2.79. The van der Waals surface area contributed by atoms with E-state index in [0.717, 1.165) is 26.4 Å². The molecule has 0 saturated carbocycles. The quantitative estimate of drug-likeness (QED) is 0.649. The van der Waals surface area contributed by atoms with E-state index in [-0.39, 0.29) is 5.66 Å². The summed E-state index contributed by atoms with van der Waals surface area (Å²) in [5, 5.41) is 10.5. The van der Waals surface area contributed by atoms with Gasteiger partial charge in [-0.2, -0.15) is 0 Å². The van der Waals surface area contributed by atoms with Crippen LogP contribution in [0.15, 0.2) is 24.3 Å². The van der Waals surface area contributed by atoms with Crippen molar-refractivity contribution in [1.82, 2.24) is 15.5 Å². The molecule has 1 aromatic rings. The Morgan fingerprint density at radius 3 is 3.00 bits per heavy atom. The summed E-state index contributed by atoms with van der Waals surface area (Å²) >= 11 is 0. The monoisotopic (exact) mass is 218 g/mol. The molecule has 1 fully saturated rings. The first kappa shape index (κ1) is 10.1. The molecule has 1 saturated heterocycles. The molecule has 0 radical (unpaired) electrons. The summed E-state index contributed by atoms with van der Waals surface area (Å²) in [5.74, 6) is 0.